The van der Waals surface area contributed by atoms with E-state index >= 15 is 0 Å². The number of ether oxygens (including phenoxy) is 1. The predicted molar refractivity (Wildman–Crippen MR) is 58.8 cm³/mol. The maximum Gasteiger partial charge on any atom is 0.142 e. The lowest BCUT2D eigenvalue weighted by atomic mass is 10.0. The maximum atomic E-state index is 12.0. The lowest BCUT2D eigenvalue weighted by Gasteiger charge is -2.46. The Morgan fingerprint density at radius 1 is 1.13 bits per heavy atom. The van der Waals surface area contributed by atoms with E-state index in [1.807, 2.05) is 42.5 Å². The maximum absolute atomic E-state index is 12.0. The molecule has 2 aliphatic rings. The van der Waals surface area contributed by atoms with Crippen LogP contribution in [-0.4, -0.2) is 12.1 Å². The summed E-state index contributed by atoms with van der Waals surface area (Å²) in [6, 6.07) is 7.09. The van der Waals surface area contributed by atoms with Crippen molar-refractivity contribution in [3.05, 3.63) is 53.8 Å². The van der Waals surface area contributed by atoms with Crippen molar-refractivity contribution in [2.45, 2.75) is 12.1 Å². The molecule has 0 aromatic heterocycles. The van der Waals surface area contributed by atoms with E-state index in [9.17, 15) is 5.21 Å². The van der Waals surface area contributed by atoms with Gasteiger partial charge in [-0.2, -0.15) is 0 Å². The largest absolute Gasteiger partial charge is 0.758 e. The Bertz CT molecular complexity index is 439. The number of rotatable bonds is 0. The molecule has 0 bridgehead atoms. The van der Waals surface area contributed by atoms with Crippen LogP contribution in [0.15, 0.2) is 48.6 Å². The zero-order valence-electron chi connectivity index (χ0n) is 8.04. The van der Waals surface area contributed by atoms with Crippen molar-refractivity contribution in [2.24, 2.45) is 0 Å². The van der Waals surface area contributed by atoms with Gasteiger partial charge in [-0.3, -0.25) is 0 Å². The Morgan fingerprint density at radius 2 is 1.93 bits per heavy atom. The molecule has 0 saturated heterocycles. The molecule has 3 heteroatoms. The molecule has 1 aliphatic heterocycles. The van der Waals surface area contributed by atoms with Crippen LogP contribution in [0.3, 0.4) is 0 Å². The van der Waals surface area contributed by atoms with Gasteiger partial charge in [-0.25, -0.2) is 0 Å². The number of benzene rings is 1. The minimum Gasteiger partial charge on any atom is -0.758 e. The van der Waals surface area contributed by atoms with Crippen LogP contribution in [0.1, 0.15) is 0 Å². The number of hydroxylamine groups is 1. The highest BCUT2D eigenvalue weighted by molar-refractivity contribution is 5.63. The van der Waals surface area contributed by atoms with Crippen molar-refractivity contribution in [1.29, 1.82) is 0 Å². The summed E-state index contributed by atoms with van der Waals surface area (Å²) < 4.78 is 5.73. The summed E-state index contributed by atoms with van der Waals surface area (Å²) >= 11 is 0. The molecule has 0 saturated carbocycles. The van der Waals surface area contributed by atoms with E-state index in [1.165, 1.54) is 0 Å². The smallest absolute Gasteiger partial charge is 0.142 e. The number of allylic oxidation sites excluding steroid dienone is 2. The van der Waals surface area contributed by atoms with Gasteiger partial charge in [0.25, 0.3) is 0 Å². The number of hydrogen-bond acceptors (Lipinski definition) is 3. The topological polar surface area (TPSA) is 35.5 Å². The molecular formula is C12H10NO2-. The summed E-state index contributed by atoms with van der Waals surface area (Å²) in [5.41, 5.74) is 0.610. The zero-order valence-corrected chi connectivity index (χ0v) is 8.04. The molecule has 1 heterocycles. The second-order valence-corrected chi connectivity index (χ2v) is 3.64. The van der Waals surface area contributed by atoms with E-state index < -0.39 is 0 Å². The van der Waals surface area contributed by atoms with E-state index in [-0.39, 0.29) is 12.1 Å². The van der Waals surface area contributed by atoms with Crippen molar-refractivity contribution < 1.29 is 4.74 Å². The molecule has 3 nitrogen and oxygen atoms in total. The Hall–Kier alpha value is -1.74. The summed E-state index contributed by atoms with van der Waals surface area (Å²) in [4.78, 5) is 0. The first-order chi connectivity index (χ1) is 7.36. The van der Waals surface area contributed by atoms with Gasteiger partial charge in [0, 0.05) is 0 Å². The van der Waals surface area contributed by atoms with E-state index in [0.717, 1.165) is 5.06 Å². The van der Waals surface area contributed by atoms with Gasteiger partial charge in [0.2, 0.25) is 0 Å². The molecule has 0 radical (unpaired) electrons. The van der Waals surface area contributed by atoms with E-state index in [0.29, 0.717) is 11.4 Å². The van der Waals surface area contributed by atoms with Crippen molar-refractivity contribution in [2.75, 3.05) is 5.06 Å². The second-order valence-electron chi connectivity index (χ2n) is 3.64. The van der Waals surface area contributed by atoms with Gasteiger partial charge in [0.05, 0.1) is 11.7 Å². The standard InChI is InChI=1S/C12H10NO2/c14-13-9-5-1-3-7-11(9)15-12-8-4-2-6-10(12)13/h1-9,11H/q-1. The van der Waals surface area contributed by atoms with Crippen molar-refractivity contribution in [3.63, 3.8) is 0 Å². The molecule has 3 rings (SSSR count). The van der Waals surface area contributed by atoms with Gasteiger partial charge < -0.3 is 15.0 Å². The fourth-order valence-corrected chi connectivity index (χ4v) is 1.94. The third kappa shape index (κ3) is 1.24. The number of anilines is 1. The summed E-state index contributed by atoms with van der Waals surface area (Å²) in [7, 11) is 0. The Kier molecular flexibility index (Phi) is 1.79. The minimum atomic E-state index is -0.232. The summed E-state index contributed by atoms with van der Waals surface area (Å²) in [6.45, 7) is 0. The SMILES string of the molecule is [O-]N1c2ccccc2OC2C=CC=CC21. The fourth-order valence-electron chi connectivity index (χ4n) is 1.94. The summed E-state index contributed by atoms with van der Waals surface area (Å²) in [5.74, 6) is 0.661. The van der Waals surface area contributed by atoms with Crippen LogP contribution in [0.25, 0.3) is 0 Å². The average Bonchev–Trinajstić information content (AvgIpc) is 2.30. The third-order valence-corrected chi connectivity index (χ3v) is 2.69. The van der Waals surface area contributed by atoms with Crippen LogP contribution in [0.4, 0.5) is 5.69 Å². The molecule has 1 aromatic carbocycles. The van der Waals surface area contributed by atoms with Crippen LogP contribution >= 0.6 is 0 Å². The molecule has 0 N–H and O–H groups in total. The van der Waals surface area contributed by atoms with Gasteiger partial charge in [0.1, 0.15) is 11.9 Å². The van der Waals surface area contributed by atoms with E-state index in [2.05, 4.69) is 0 Å². The van der Waals surface area contributed by atoms with Crippen LogP contribution in [-0.2, 0) is 0 Å². The monoisotopic (exact) mass is 200 g/mol. The van der Waals surface area contributed by atoms with Gasteiger partial charge in [0.15, 0.2) is 0 Å². The molecule has 1 aliphatic carbocycles. The first kappa shape index (κ1) is 8.56. The van der Waals surface area contributed by atoms with Crippen molar-refractivity contribution in [1.82, 2.24) is 0 Å². The lowest BCUT2D eigenvalue weighted by Crippen LogP contribution is -2.45. The molecule has 15 heavy (non-hydrogen) atoms. The lowest BCUT2D eigenvalue weighted by molar-refractivity contribution is 0.217. The Labute approximate surface area is 87.9 Å². The third-order valence-electron chi connectivity index (χ3n) is 2.69. The minimum absolute atomic E-state index is 0.164. The van der Waals surface area contributed by atoms with Gasteiger partial charge in [-0.05, 0) is 18.2 Å². The molecule has 1 aromatic rings. The normalized spacial score (nSPS) is 26.9. The molecule has 2 atom stereocenters. The number of fused-ring (bicyclic) bond motifs is 2. The van der Waals surface area contributed by atoms with Crippen molar-refractivity contribution in [3.8, 4) is 5.75 Å². The molecule has 0 fully saturated rings. The van der Waals surface area contributed by atoms with Crippen LogP contribution in [0, 0.1) is 5.21 Å². The first-order valence-corrected chi connectivity index (χ1v) is 4.93. The highest BCUT2D eigenvalue weighted by atomic mass is 16.5. The molecule has 2 unspecified atom stereocenters. The van der Waals surface area contributed by atoms with Crippen LogP contribution in [0.5, 0.6) is 5.75 Å². The van der Waals surface area contributed by atoms with Gasteiger partial charge in [-0.15, -0.1) is 0 Å². The quantitative estimate of drug-likeness (QED) is 0.644. The van der Waals surface area contributed by atoms with Gasteiger partial charge >= 0.3 is 0 Å². The second kappa shape index (κ2) is 3.14. The molecule has 0 spiro atoms. The predicted octanol–water partition coefficient (Wildman–Crippen LogP) is 2.25. The summed E-state index contributed by atoms with van der Waals surface area (Å²) in [6.07, 6.45) is 7.40. The van der Waals surface area contributed by atoms with Crippen LogP contribution in [0.2, 0.25) is 0 Å². The highest BCUT2D eigenvalue weighted by Gasteiger charge is 2.28. The molecule has 76 valence electrons. The number of hydrogen-bond donors (Lipinski definition) is 0. The average molecular weight is 200 g/mol. The summed E-state index contributed by atoms with van der Waals surface area (Å²) in [5, 5.41) is 13.0. The van der Waals surface area contributed by atoms with Crippen LogP contribution < -0.4 is 9.80 Å². The Balaban J connectivity index is 2.07. The zero-order chi connectivity index (χ0) is 10.3. The molecular weight excluding hydrogens is 190 g/mol. The van der Waals surface area contributed by atoms with Gasteiger partial charge in [-0.1, -0.05) is 30.4 Å². The van der Waals surface area contributed by atoms with Crippen molar-refractivity contribution >= 4 is 5.69 Å². The first-order valence-electron chi connectivity index (χ1n) is 4.93. The number of para-hydroxylation sites is 2. The van der Waals surface area contributed by atoms with E-state index in [4.69, 9.17) is 4.74 Å². The molecule has 0 amide bonds. The Morgan fingerprint density at radius 3 is 2.87 bits per heavy atom. The van der Waals surface area contributed by atoms with E-state index in [1.54, 1.807) is 6.07 Å². The number of nitrogens with zero attached hydrogens (tertiary/aromatic N) is 1. The highest BCUT2D eigenvalue weighted by Crippen LogP contribution is 2.36. The fraction of sp³-hybridized carbons (Fsp3) is 0.167.